The summed E-state index contributed by atoms with van der Waals surface area (Å²) in [5, 5.41) is 9.48. The quantitative estimate of drug-likeness (QED) is 0.786. The Bertz CT molecular complexity index is 419. The van der Waals surface area contributed by atoms with Crippen LogP contribution in [0.4, 0.5) is 0 Å². The molecule has 1 rings (SSSR count). The van der Waals surface area contributed by atoms with E-state index in [0.29, 0.717) is 6.54 Å². The minimum absolute atomic E-state index is 0.356. The number of aliphatic carboxylic acids is 1. The van der Waals surface area contributed by atoms with Crippen molar-refractivity contribution in [3.05, 3.63) is 16.1 Å². The van der Waals surface area contributed by atoms with Crippen molar-refractivity contribution in [3.63, 3.8) is 0 Å². The molecule has 0 spiro atoms. The van der Waals surface area contributed by atoms with Crippen LogP contribution in [0.5, 0.6) is 0 Å². The van der Waals surface area contributed by atoms with Crippen molar-refractivity contribution in [2.75, 3.05) is 7.05 Å². The van der Waals surface area contributed by atoms with Crippen LogP contribution in [0, 0.1) is 6.92 Å². The largest absolute Gasteiger partial charge is 0.481 e. The van der Waals surface area contributed by atoms with E-state index in [1.165, 1.54) is 16.2 Å². The molecule has 0 saturated heterocycles. The van der Waals surface area contributed by atoms with Crippen molar-refractivity contribution in [3.8, 4) is 0 Å². The molecule has 0 aromatic carbocycles. The van der Waals surface area contributed by atoms with Gasteiger partial charge in [-0.2, -0.15) is 0 Å². The second kappa shape index (κ2) is 5.74. The molecular weight excluding hydrogens is 242 g/mol. The van der Waals surface area contributed by atoms with Gasteiger partial charge in [-0.25, -0.2) is 4.98 Å². The van der Waals surface area contributed by atoms with E-state index in [1.807, 2.05) is 6.92 Å². The lowest BCUT2D eigenvalue weighted by atomic mass is 10.2. The lowest BCUT2D eigenvalue weighted by molar-refractivity contribution is -0.141. The van der Waals surface area contributed by atoms with Crippen molar-refractivity contribution in [1.82, 2.24) is 9.88 Å². The average molecular weight is 257 g/mol. The summed E-state index contributed by atoms with van der Waals surface area (Å²) in [6.07, 6.45) is 1.34. The Morgan fingerprint density at radius 2 is 2.29 bits per heavy atom. The van der Waals surface area contributed by atoms with E-state index < -0.39 is 12.0 Å². The van der Waals surface area contributed by atoms with E-state index in [4.69, 9.17) is 10.8 Å². The number of thiazole rings is 1. The predicted octanol–water partition coefficient (Wildman–Crippen LogP) is 0.212. The molecule has 1 unspecified atom stereocenters. The van der Waals surface area contributed by atoms with Gasteiger partial charge in [0.15, 0.2) is 0 Å². The van der Waals surface area contributed by atoms with E-state index in [9.17, 15) is 9.59 Å². The van der Waals surface area contributed by atoms with Crippen LogP contribution in [0.1, 0.15) is 16.3 Å². The molecule has 1 heterocycles. The van der Waals surface area contributed by atoms with Gasteiger partial charge in [-0.1, -0.05) is 0 Å². The number of nitrogens with two attached hydrogens (primary N) is 1. The highest BCUT2D eigenvalue weighted by Gasteiger charge is 2.21. The summed E-state index contributed by atoms with van der Waals surface area (Å²) in [5.41, 5.74) is 5.49. The predicted molar refractivity (Wildman–Crippen MR) is 63.6 cm³/mol. The van der Waals surface area contributed by atoms with Gasteiger partial charge in [-0.05, 0) is 6.92 Å². The summed E-state index contributed by atoms with van der Waals surface area (Å²) in [7, 11) is 1.60. The zero-order chi connectivity index (χ0) is 13.0. The lowest BCUT2D eigenvalue weighted by Crippen LogP contribution is -2.42. The number of nitrogens with zero attached hydrogens (tertiary/aromatic N) is 2. The van der Waals surface area contributed by atoms with Gasteiger partial charge in [0.05, 0.1) is 24.0 Å². The van der Waals surface area contributed by atoms with Crippen LogP contribution in [0.2, 0.25) is 0 Å². The average Bonchev–Trinajstić information content (AvgIpc) is 2.61. The number of carboxylic acids is 1. The van der Waals surface area contributed by atoms with Crippen LogP contribution < -0.4 is 5.73 Å². The van der Waals surface area contributed by atoms with Crippen LogP contribution in [-0.4, -0.2) is 40.0 Å². The Labute approximate surface area is 103 Å². The number of aryl methyl sites for hydroxylation is 1. The number of carbonyl (C=O) groups excluding carboxylic acids is 1. The van der Waals surface area contributed by atoms with Crippen LogP contribution in [0.25, 0.3) is 0 Å². The smallest absolute Gasteiger partial charge is 0.305 e. The van der Waals surface area contributed by atoms with Crippen molar-refractivity contribution >= 4 is 23.2 Å². The van der Waals surface area contributed by atoms with E-state index >= 15 is 0 Å². The van der Waals surface area contributed by atoms with Gasteiger partial charge in [0.1, 0.15) is 0 Å². The summed E-state index contributed by atoms with van der Waals surface area (Å²) in [4.78, 5) is 28.6. The van der Waals surface area contributed by atoms with Crippen LogP contribution in [-0.2, 0) is 16.1 Å². The normalized spacial score (nSPS) is 12.2. The van der Waals surface area contributed by atoms with Crippen molar-refractivity contribution in [2.45, 2.75) is 25.9 Å². The molecule has 0 aliphatic heterocycles. The molecule has 0 bridgehead atoms. The number of carboxylic acid groups (broad SMARTS) is 1. The first kappa shape index (κ1) is 13.6. The molecular formula is C10H15N3O3S. The van der Waals surface area contributed by atoms with Gasteiger partial charge in [0.2, 0.25) is 5.91 Å². The third-order valence-electron chi connectivity index (χ3n) is 2.15. The van der Waals surface area contributed by atoms with Gasteiger partial charge >= 0.3 is 5.97 Å². The van der Waals surface area contributed by atoms with Crippen molar-refractivity contribution < 1.29 is 14.7 Å². The van der Waals surface area contributed by atoms with Gasteiger partial charge in [0, 0.05) is 18.1 Å². The Kier molecular flexibility index (Phi) is 4.59. The van der Waals surface area contributed by atoms with E-state index in [0.717, 1.165) is 9.88 Å². The summed E-state index contributed by atoms with van der Waals surface area (Å²) >= 11 is 1.50. The van der Waals surface area contributed by atoms with Crippen molar-refractivity contribution in [2.24, 2.45) is 5.73 Å². The summed E-state index contributed by atoms with van der Waals surface area (Å²) in [6.45, 7) is 2.28. The summed E-state index contributed by atoms with van der Waals surface area (Å²) in [5.74, 6) is -1.45. The molecule has 0 saturated carbocycles. The number of amides is 1. The van der Waals surface area contributed by atoms with E-state index in [1.54, 1.807) is 13.2 Å². The molecule has 6 nitrogen and oxygen atoms in total. The number of likely N-dealkylation sites (N-methyl/N-ethyl adjacent to an activating group) is 1. The molecule has 1 atom stereocenters. The van der Waals surface area contributed by atoms with Gasteiger partial charge < -0.3 is 15.7 Å². The highest BCUT2D eigenvalue weighted by molar-refractivity contribution is 7.11. The zero-order valence-electron chi connectivity index (χ0n) is 9.71. The maximum atomic E-state index is 11.7. The Morgan fingerprint density at radius 3 is 2.76 bits per heavy atom. The molecule has 3 N–H and O–H groups in total. The highest BCUT2D eigenvalue weighted by Crippen LogP contribution is 2.13. The van der Waals surface area contributed by atoms with Gasteiger partial charge in [-0.15, -0.1) is 11.3 Å². The number of hydrogen-bond acceptors (Lipinski definition) is 5. The van der Waals surface area contributed by atoms with Crippen LogP contribution in [0.15, 0.2) is 6.20 Å². The molecule has 1 amide bonds. The van der Waals surface area contributed by atoms with Crippen LogP contribution in [0.3, 0.4) is 0 Å². The molecule has 17 heavy (non-hydrogen) atoms. The number of carbonyl (C=O) groups is 2. The Balaban J connectivity index is 2.55. The molecule has 0 aliphatic carbocycles. The van der Waals surface area contributed by atoms with Crippen LogP contribution >= 0.6 is 11.3 Å². The topological polar surface area (TPSA) is 96.5 Å². The molecule has 1 aromatic rings. The minimum atomic E-state index is -1.08. The lowest BCUT2D eigenvalue weighted by Gasteiger charge is -2.19. The monoisotopic (exact) mass is 257 g/mol. The third-order valence-corrected chi connectivity index (χ3v) is 3.05. The number of rotatable bonds is 5. The second-order valence-electron chi connectivity index (χ2n) is 3.74. The molecule has 94 valence electrons. The van der Waals surface area contributed by atoms with Gasteiger partial charge in [-0.3, -0.25) is 9.59 Å². The summed E-state index contributed by atoms with van der Waals surface area (Å²) in [6, 6.07) is -0.994. The first-order valence-corrected chi connectivity index (χ1v) is 5.85. The minimum Gasteiger partial charge on any atom is -0.481 e. The maximum absolute atomic E-state index is 11.7. The second-order valence-corrected chi connectivity index (χ2v) is 5.06. The maximum Gasteiger partial charge on any atom is 0.305 e. The molecule has 1 aromatic heterocycles. The summed E-state index contributed by atoms with van der Waals surface area (Å²) < 4.78 is 0. The highest BCUT2D eigenvalue weighted by atomic mass is 32.1. The number of hydrogen-bond donors (Lipinski definition) is 2. The Morgan fingerprint density at radius 1 is 1.65 bits per heavy atom. The fourth-order valence-electron chi connectivity index (χ4n) is 1.35. The third kappa shape index (κ3) is 4.12. The SMILES string of the molecule is Cc1ncc(CN(C)C(=O)C(N)CC(=O)O)s1. The van der Waals surface area contributed by atoms with Crippen molar-refractivity contribution in [1.29, 1.82) is 0 Å². The fraction of sp³-hybridized carbons (Fsp3) is 0.500. The zero-order valence-corrected chi connectivity index (χ0v) is 10.5. The van der Waals surface area contributed by atoms with Gasteiger partial charge in [0.25, 0.3) is 0 Å². The van der Waals surface area contributed by atoms with E-state index in [2.05, 4.69) is 4.98 Å². The van der Waals surface area contributed by atoms with E-state index in [-0.39, 0.29) is 12.3 Å². The first-order valence-electron chi connectivity index (χ1n) is 5.03. The first-order chi connectivity index (χ1) is 7.90. The molecule has 0 radical (unpaired) electrons. The molecule has 0 aliphatic rings. The molecule has 7 heteroatoms. The Hall–Kier alpha value is -1.47. The fourth-order valence-corrected chi connectivity index (χ4v) is 2.20. The molecule has 0 fully saturated rings. The standard InChI is InChI=1S/C10H15N3O3S/c1-6-12-4-7(17-6)5-13(2)10(16)8(11)3-9(14)15/h4,8H,3,5,11H2,1-2H3,(H,14,15). The number of aromatic nitrogens is 1.